The summed E-state index contributed by atoms with van der Waals surface area (Å²) in [6.45, 7) is 11.4. The van der Waals surface area contributed by atoms with Gasteiger partial charge in [-0.2, -0.15) is 5.10 Å². The van der Waals surface area contributed by atoms with Gasteiger partial charge >= 0.3 is 6.09 Å². The van der Waals surface area contributed by atoms with Gasteiger partial charge in [-0.1, -0.05) is 24.8 Å². The number of nitrogens with zero attached hydrogens (tertiary/aromatic N) is 5. The molecule has 4 heterocycles. The third-order valence-corrected chi connectivity index (χ3v) is 11.0. The SMILES string of the molecule is CCc1nc2c(cnn2CC)c(NC2CCOCC2)c1N(C)c1c(Nc2ccc(C#CCCCN(C[C@H](O)c3ccc(O)c4[nH]c(=O)ccc34)C(=O)OC(C)(C)C)cc2)c(=O)c1=O. The molecule has 0 bridgehead atoms. The van der Waals surface area contributed by atoms with Crippen molar-refractivity contribution in [3.8, 4) is 17.6 Å². The fourth-order valence-corrected chi connectivity index (χ4v) is 7.83. The Kier molecular flexibility index (Phi) is 13.2. The van der Waals surface area contributed by atoms with Crippen molar-refractivity contribution in [2.45, 2.75) is 91.0 Å². The maximum Gasteiger partial charge on any atom is 0.410 e. The molecule has 0 radical (unpaired) electrons. The van der Waals surface area contributed by atoms with Crippen LogP contribution in [0.5, 0.6) is 5.75 Å². The molecular formula is C47H54N8O8. The van der Waals surface area contributed by atoms with E-state index in [1.165, 1.54) is 23.1 Å². The Morgan fingerprint density at radius 2 is 1.76 bits per heavy atom. The van der Waals surface area contributed by atoms with Gasteiger partial charge in [0, 0.05) is 68.5 Å². The van der Waals surface area contributed by atoms with Crippen molar-refractivity contribution in [1.82, 2.24) is 24.6 Å². The zero-order chi connectivity index (χ0) is 45.0. The van der Waals surface area contributed by atoms with E-state index in [0.29, 0.717) is 55.7 Å². The molecule has 63 heavy (non-hydrogen) atoms. The first-order valence-corrected chi connectivity index (χ1v) is 21.3. The Bertz CT molecular complexity index is 2820. The summed E-state index contributed by atoms with van der Waals surface area (Å²) >= 11 is 0. The lowest BCUT2D eigenvalue weighted by atomic mass is 10.0. The topological polar surface area (TPSA) is 204 Å². The van der Waals surface area contributed by atoms with Crippen molar-refractivity contribution < 1.29 is 24.5 Å². The van der Waals surface area contributed by atoms with Crippen LogP contribution < -0.4 is 32.0 Å². The highest BCUT2D eigenvalue weighted by Crippen LogP contribution is 2.41. The number of rotatable bonds is 14. The van der Waals surface area contributed by atoms with Gasteiger partial charge in [-0.05, 0) is 95.3 Å². The average molecular weight is 859 g/mol. The molecule has 330 valence electrons. The van der Waals surface area contributed by atoms with Crippen LogP contribution in [-0.4, -0.2) is 85.9 Å². The Morgan fingerprint density at radius 3 is 2.46 bits per heavy atom. The molecule has 0 spiro atoms. The standard InChI is InChI=1S/C47H54N8O8/c1-7-34-41(39(49-30-21-24-62-25-22-30)33-26-48-55(8-2)45(33)51-34)53(6)42-40(43(59)44(42)60)50-29-15-13-28(14-16-29)12-10-9-11-23-54(46(61)63-47(3,4)5)27-36(57)31-17-19-35(56)38-32(31)18-20-37(58)52-38/h13-20,26,30,36,50,56-57H,7-9,11,21-25,27H2,1-6H3,(H,49,51)(H,52,58)/t36-/m0/s1. The summed E-state index contributed by atoms with van der Waals surface area (Å²) in [4.78, 5) is 62.4. The monoisotopic (exact) mass is 858 g/mol. The number of hydrogen-bond acceptors (Lipinski definition) is 13. The number of aryl methyl sites for hydroxylation is 2. The van der Waals surface area contributed by atoms with E-state index >= 15 is 0 Å². The number of aromatic amines is 1. The highest BCUT2D eigenvalue weighted by molar-refractivity contribution is 6.00. The van der Waals surface area contributed by atoms with Crippen molar-refractivity contribution in [3.63, 3.8) is 0 Å². The molecule has 1 amide bonds. The summed E-state index contributed by atoms with van der Waals surface area (Å²) < 4.78 is 13.1. The van der Waals surface area contributed by atoms with Crippen LogP contribution in [0.25, 0.3) is 21.9 Å². The Balaban J connectivity index is 1.03. The number of aliphatic hydroxyl groups excluding tert-OH is 1. The van der Waals surface area contributed by atoms with E-state index in [9.17, 15) is 29.4 Å². The molecule has 7 rings (SSSR count). The molecule has 16 heteroatoms. The summed E-state index contributed by atoms with van der Waals surface area (Å²) in [6, 6.07) is 13.2. The van der Waals surface area contributed by atoms with E-state index in [1.54, 1.807) is 57.1 Å². The van der Waals surface area contributed by atoms with Gasteiger partial charge in [0.15, 0.2) is 5.65 Å². The number of phenols is 1. The molecule has 0 saturated carbocycles. The van der Waals surface area contributed by atoms with Gasteiger partial charge in [0.25, 0.3) is 10.9 Å². The molecule has 16 nitrogen and oxygen atoms in total. The summed E-state index contributed by atoms with van der Waals surface area (Å²) in [5.74, 6) is 6.16. The molecule has 1 atom stereocenters. The number of carbonyl (C=O) groups excluding carboxylic acids is 1. The van der Waals surface area contributed by atoms with E-state index in [4.69, 9.17) is 14.5 Å². The van der Waals surface area contributed by atoms with E-state index in [1.807, 2.05) is 30.7 Å². The molecule has 1 aliphatic rings. The van der Waals surface area contributed by atoms with Gasteiger partial charge in [-0.3, -0.25) is 14.4 Å². The summed E-state index contributed by atoms with van der Waals surface area (Å²) in [7, 11) is 1.79. The van der Waals surface area contributed by atoms with Gasteiger partial charge in [0.05, 0.1) is 46.8 Å². The van der Waals surface area contributed by atoms with E-state index in [-0.39, 0.29) is 41.8 Å². The second kappa shape index (κ2) is 18.7. The molecule has 5 N–H and O–H groups in total. The first-order valence-electron chi connectivity index (χ1n) is 21.3. The highest BCUT2D eigenvalue weighted by Gasteiger charge is 2.31. The van der Waals surface area contributed by atoms with Gasteiger partial charge in [0.1, 0.15) is 22.7 Å². The molecule has 1 fully saturated rings. The van der Waals surface area contributed by atoms with Gasteiger partial charge in [0.2, 0.25) is 5.56 Å². The minimum absolute atomic E-state index is 0.0946. The van der Waals surface area contributed by atoms with Gasteiger partial charge in [-0.15, -0.1) is 0 Å². The van der Waals surface area contributed by atoms with Crippen molar-refractivity contribution >= 4 is 56.5 Å². The van der Waals surface area contributed by atoms with Crippen LogP contribution in [0.4, 0.5) is 33.2 Å². The molecule has 1 saturated heterocycles. The largest absolute Gasteiger partial charge is 0.506 e. The number of aromatic hydroxyl groups is 1. The Labute approximate surface area is 364 Å². The summed E-state index contributed by atoms with van der Waals surface area (Å²) in [6.07, 6.45) is 3.22. The number of anilines is 5. The zero-order valence-corrected chi connectivity index (χ0v) is 36.5. The van der Waals surface area contributed by atoms with Crippen LogP contribution in [0.15, 0.2) is 69.1 Å². The minimum atomic E-state index is -1.14. The fourth-order valence-electron chi connectivity index (χ4n) is 7.83. The molecule has 3 aromatic heterocycles. The Morgan fingerprint density at radius 1 is 1.02 bits per heavy atom. The number of aromatic nitrogens is 4. The molecular weight excluding hydrogens is 805 g/mol. The Hall–Kier alpha value is -6.70. The fraction of sp³-hybridized carbons (Fsp3) is 0.404. The van der Waals surface area contributed by atoms with Crippen molar-refractivity contribution in [2.75, 3.05) is 48.9 Å². The number of H-pyrrole nitrogens is 1. The van der Waals surface area contributed by atoms with Crippen molar-refractivity contribution in [3.05, 3.63) is 102 Å². The highest BCUT2D eigenvalue weighted by atomic mass is 16.6. The predicted molar refractivity (Wildman–Crippen MR) is 244 cm³/mol. The van der Waals surface area contributed by atoms with Gasteiger partial charge in [-0.25, -0.2) is 14.5 Å². The lowest BCUT2D eigenvalue weighted by Gasteiger charge is -2.31. The number of pyridine rings is 2. The number of unbranched alkanes of at least 4 members (excludes halogenated alkanes) is 1. The first-order chi connectivity index (χ1) is 30.2. The summed E-state index contributed by atoms with van der Waals surface area (Å²) in [5, 5.41) is 34.4. The number of phenolic OH excluding ortho intramolecular Hbond substituents is 1. The molecule has 3 aromatic carbocycles. The quantitative estimate of drug-likeness (QED) is 0.0460. The number of benzene rings is 2. The number of aliphatic hydroxyl groups is 1. The maximum absolute atomic E-state index is 13.3. The normalized spacial score (nSPS) is 13.8. The third kappa shape index (κ3) is 9.69. The van der Waals surface area contributed by atoms with Gasteiger partial charge < -0.3 is 45.1 Å². The van der Waals surface area contributed by atoms with E-state index in [2.05, 4.69) is 32.6 Å². The number of amides is 1. The third-order valence-electron chi connectivity index (χ3n) is 11.0. The molecule has 0 aliphatic carbocycles. The number of ether oxygens (including phenoxy) is 2. The van der Waals surface area contributed by atoms with Crippen LogP contribution in [0, 0.1) is 11.8 Å². The van der Waals surface area contributed by atoms with Crippen molar-refractivity contribution in [1.29, 1.82) is 0 Å². The second-order valence-corrected chi connectivity index (χ2v) is 16.6. The van der Waals surface area contributed by atoms with E-state index < -0.39 is 34.2 Å². The number of carbonyl (C=O) groups is 1. The zero-order valence-electron chi connectivity index (χ0n) is 36.5. The second-order valence-electron chi connectivity index (χ2n) is 16.6. The summed E-state index contributed by atoms with van der Waals surface area (Å²) in [5.41, 5.74) is 3.14. The smallest absolute Gasteiger partial charge is 0.410 e. The van der Waals surface area contributed by atoms with Crippen molar-refractivity contribution in [2.24, 2.45) is 0 Å². The predicted octanol–water partition coefficient (Wildman–Crippen LogP) is 6.36. The van der Waals surface area contributed by atoms with Crippen LogP contribution in [0.3, 0.4) is 0 Å². The lowest BCUT2D eigenvalue weighted by molar-refractivity contribution is 0.0144. The number of hydrogen-bond donors (Lipinski definition) is 5. The van der Waals surface area contributed by atoms with Crippen LogP contribution >= 0.6 is 0 Å². The molecule has 1 aliphatic heterocycles. The number of fused-ring (bicyclic) bond motifs is 2. The lowest BCUT2D eigenvalue weighted by Crippen LogP contribution is -2.39. The van der Waals surface area contributed by atoms with Crippen LogP contribution in [0.1, 0.15) is 83.2 Å². The maximum atomic E-state index is 13.3. The number of nitrogens with one attached hydrogen (secondary N) is 3. The molecule has 6 aromatic rings. The average Bonchev–Trinajstić information content (AvgIpc) is 3.68. The van der Waals surface area contributed by atoms with Crippen LogP contribution in [0.2, 0.25) is 0 Å². The van der Waals surface area contributed by atoms with E-state index in [0.717, 1.165) is 46.5 Å². The molecule has 0 unspecified atom stereocenters. The van der Waals surface area contributed by atoms with Crippen LogP contribution in [-0.2, 0) is 22.4 Å². The first kappa shape index (κ1) is 44.4. The minimum Gasteiger partial charge on any atom is -0.506 e.